The molecule has 1 amide bonds. The summed E-state index contributed by atoms with van der Waals surface area (Å²) >= 11 is 0. The van der Waals surface area contributed by atoms with Crippen molar-refractivity contribution in [1.82, 2.24) is 15.6 Å². The Labute approximate surface area is 156 Å². The third-order valence-electron chi connectivity index (χ3n) is 3.75. The second-order valence-corrected chi connectivity index (χ2v) is 5.77. The summed E-state index contributed by atoms with van der Waals surface area (Å²) in [6.07, 6.45) is 2.27. The molecule has 0 radical (unpaired) electrons. The van der Waals surface area contributed by atoms with E-state index in [1.54, 1.807) is 30.3 Å². The molecule has 0 saturated carbocycles. The molecule has 0 bridgehead atoms. The molecule has 3 rings (SSSR count). The number of nitrogens with zero attached hydrogens (tertiary/aromatic N) is 2. The van der Waals surface area contributed by atoms with E-state index in [2.05, 4.69) is 20.7 Å². The molecule has 3 N–H and O–H groups in total. The van der Waals surface area contributed by atoms with Crippen molar-refractivity contribution in [3.63, 3.8) is 0 Å². The predicted molar refractivity (Wildman–Crippen MR) is 103 cm³/mol. The van der Waals surface area contributed by atoms with Crippen LogP contribution in [0.15, 0.2) is 59.7 Å². The van der Waals surface area contributed by atoms with Gasteiger partial charge >= 0.3 is 0 Å². The van der Waals surface area contributed by atoms with Crippen LogP contribution >= 0.6 is 0 Å². The van der Waals surface area contributed by atoms with Gasteiger partial charge in [0.2, 0.25) is 0 Å². The molecule has 7 heteroatoms. The maximum atomic E-state index is 12.2. The zero-order valence-corrected chi connectivity index (χ0v) is 14.8. The van der Waals surface area contributed by atoms with Crippen molar-refractivity contribution >= 4 is 12.1 Å². The van der Waals surface area contributed by atoms with Gasteiger partial charge in [-0.2, -0.15) is 10.2 Å². The first-order chi connectivity index (χ1) is 13.2. The summed E-state index contributed by atoms with van der Waals surface area (Å²) in [6, 6.07) is 15.9. The van der Waals surface area contributed by atoms with Gasteiger partial charge in [-0.05, 0) is 36.8 Å². The second-order valence-electron chi connectivity index (χ2n) is 5.77. The van der Waals surface area contributed by atoms with Crippen LogP contribution in [0.1, 0.15) is 29.4 Å². The van der Waals surface area contributed by atoms with Crippen LogP contribution in [0.5, 0.6) is 11.5 Å². The summed E-state index contributed by atoms with van der Waals surface area (Å²) in [5, 5.41) is 20.4. The van der Waals surface area contributed by atoms with Crippen LogP contribution in [-0.2, 0) is 0 Å². The molecule has 1 aromatic heterocycles. The number of para-hydroxylation sites is 2. The number of H-pyrrole nitrogens is 1. The highest BCUT2D eigenvalue weighted by molar-refractivity contribution is 5.94. The van der Waals surface area contributed by atoms with E-state index in [0.29, 0.717) is 17.9 Å². The zero-order valence-electron chi connectivity index (χ0n) is 14.8. The molecule has 2 aromatic carbocycles. The molecule has 0 fully saturated rings. The lowest BCUT2D eigenvalue weighted by molar-refractivity contribution is 0.0950. The molecule has 0 aliphatic carbocycles. The number of carbonyl (C=O) groups is 1. The smallest absolute Gasteiger partial charge is 0.289 e. The van der Waals surface area contributed by atoms with Gasteiger partial charge in [0.25, 0.3) is 5.91 Å². The van der Waals surface area contributed by atoms with Gasteiger partial charge in [-0.15, -0.1) is 0 Å². The van der Waals surface area contributed by atoms with Crippen molar-refractivity contribution in [3.8, 4) is 22.8 Å². The summed E-state index contributed by atoms with van der Waals surface area (Å²) < 4.78 is 5.73. The number of amides is 1. The second kappa shape index (κ2) is 8.66. The number of phenolic OH excluding ortho intramolecular Hbond substituents is 1. The van der Waals surface area contributed by atoms with E-state index in [0.717, 1.165) is 17.7 Å². The van der Waals surface area contributed by atoms with Crippen molar-refractivity contribution in [2.75, 3.05) is 6.61 Å². The van der Waals surface area contributed by atoms with Crippen LogP contribution in [-0.4, -0.2) is 34.0 Å². The number of hydrogen-bond acceptors (Lipinski definition) is 5. The van der Waals surface area contributed by atoms with E-state index in [1.807, 2.05) is 31.2 Å². The lowest BCUT2D eigenvalue weighted by Crippen LogP contribution is -2.18. The fourth-order valence-electron chi connectivity index (χ4n) is 2.41. The Hall–Kier alpha value is -3.61. The third kappa shape index (κ3) is 4.52. The van der Waals surface area contributed by atoms with Gasteiger partial charge in [-0.25, -0.2) is 5.43 Å². The van der Waals surface area contributed by atoms with E-state index in [-0.39, 0.29) is 11.4 Å². The van der Waals surface area contributed by atoms with E-state index in [4.69, 9.17) is 4.74 Å². The minimum Gasteiger partial charge on any atom is -0.507 e. The number of phenols is 1. The van der Waals surface area contributed by atoms with Gasteiger partial charge in [0, 0.05) is 11.1 Å². The van der Waals surface area contributed by atoms with Crippen molar-refractivity contribution in [2.45, 2.75) is 13.3 Å². The average molecular weight is 364 g/mol. The molecule has 1 heterocycles. The molecule has 0 unspecified atom stereocenters. The van der Waals surface area contributed by atoms with Gasteiger partial charge in [-0.3, -0.25) is 9.89 Å². The number of benzene rings is 2. The van der Waals surface area contributed by atoms with Gasteiger partial charge in [0.05, 0.1) is 18.5 Å². The molecular weight excluding hydrogens is 344 g/mol. The fraction of sp³-hybridized carbons (Fsp3) is 0.150. The Morgan fingerprint density at radius 3 is 2.85 bits per heavy atom. The number of aromatic amines is 1. The Morgan fingerprint density at radius 2 is 2.04 bits per heavy atom. The quantitative estimate of drug-likeness (QED) is 0.442. The van der Waals surface area contributed by atoms with Crippen molar-refractivity contribution in [3.05, 3.63) is 65.9 Å². The Kier molecular flexibility index (Phi) is 5.84. The summed E-state index contributed by atoms with van der Waals surface area (Å²) in [5.41, 5.74) is 4.59. The number of ether oxygens (including phenoxy) is 1. The minimum absolute atomic E-state index is 0.0861. The van der Waals surface area contributed by atoms with Gasteiger partial charge in [-0.1, -0.05) is 31.2 Å². The van der Waals surface area contributed by atoms with E-state index < -0.39 is 5.91 Å². The van der Waals surface area contributed by atoms with Gasteiger partial charge in [0.15, 0.2) is 0 Å². The Balaban J connectivity index is 1.70. The standard InChI is InChI=1S/C20H20N4O3/c1-2-11-27-19-10-6-4-8-15(19)16-12-17(23-22-16)20(26)24-21-13-14-7-3-5-9-18(14)25/h3-10,12-13,25H,2,11H2,1H3,(H,22,23)(H,24,26)/b21-13+. The Bertz CT molecular complexity index is 950. The van der Waals surface area contributed by atoms with Crippen LogP contribution in [0, 0.1) is 0 Å². The summed E-state index contributed by atoms with van der Waals surface area (Å²) in [6.45, 7) is 2.64. The highest BCUT2D eigenvalue weighted by Crippen LogP contribution is 2.28. The molecule has 0 aliphatic rings. The number of hydrazone groups is 1. The number of rotatable bonds is 7. The van der Waals surface area contributed by atoms with Crippen LogP contribution in [0.25, 0.3) is 11.3 Å². The normalized spacial score (nSPS) is 10.9. The van der Waals surface area contributed by atoms with Crippen molar-refractivity contribution < 1.29 is 14.6 Å². The molecule has 7 nitrogen and oxygen atoms in total. The first-order valence-electron chi connectivity index (χ1n) is 8.58. The maximum Gasteiger partial charge on any atom is 0.289 e. The summed E-state index contributed by atoms with van der Waals surface area (Å²) in [7, 11) is 0. The molecule has 0 aliphatic heterocycles. The van der Waals surface area contributed by atoms with Crippen LogP contribution in [0.4, 0.5) is 0 Å². The number of nitrogens with one attached hydrogen (secondary N) is 2. The first kappa shape index (κ1) is 18.2. The molecule has 27 heavy (non-hydrogen) atoms. The number of hydrogen-bond donors (Lipinski definition) is 3. The lowest BCUT2D eigenvalue weighted by atomic mass is 10.1. The van der Waals surface area contributed by atoms with Crippen LogP contribution in [0.3, 0.4) is 0 Å². The van der Waals surface area contributed by atoms with Gasteiger partial charge in [0.1, 0.15) is 17.2 Å². The van der Waals surface area contributed by atoms with Crippen molar-refractivity contribution in [2.24, 2.45) is 5.10 Å². The van der Waals surface area contributed by atoms with E-state index in [1.165, 1.54) is 6.21 Å². The van der Waals surface area contributed by atoms with Crippen molar-refractivity contribution in [1.29, 1.82) is 0 Å². The number of carbonyl (C=O) groups excluding carboxylic acids is 1. The average Bonchev–Trinajstić information content (AvgIpc) is 3.18. The summed E-state index contributed by atoms with van der Waals surface area (Å²) in [4.78, 5) is 12.2. The first-order valence-corrected chi connectivity index (χ1v) is 8.58. The summed E-state index contributed by atoms with van der Waals surface area (Å²) in [5.74, 6) is 0.366. The SMILES string of the molecule is CCCOc1ccccc1-c1cc(C(=O)N/N=C/c2ccccc2O)[nH]n1. The monoisotopic (exact) mass is 364 g/mol. The molecule has 3 aromatic rings. The van der Waals surface area contributed by atoms with E-state index in [9.17, 15) is 9.90 Å². The molecule has 0 saturated heterocycles. The molecule has 0 spiro atoms. The maximum absolute atomic E-state index is 12.2. The predicted octanol–water partition coefficient (Wildman–Crippen LogP) is 3.34. The van der Waals surface area contributed by atoms with Gasteiger partial charge < -0.3 is 9.84 Å². The van der Waals surface area contributed by atoms with Crippen LogP contribution < -0.4 is 10.2 Å². The van der Waals surface area contributed by atoms with Crippen LogP contribution in [0.2, 0.25) is 0 Å². The minimum atomic E-state index is -0.438. The lowest BCUT2D eigenvalue weighted by Gasteiger charge is -2.08. The number of aromatic nitrogens is 2. The topological polar surface area (TPSA) is 99.6 Å². The molecule has 0 atom stereocenters. The largest absolute Gasteiger partial charge is 0.507 e. The fourth-order valence-corrected chi connectivity index (χ4v) is 2.41. The Morgan fingerprint density at radius 1 is 1.26 bits per heavy atom. The third-order valence-corrected chi connectivity index (χ3v) is 3.75. The highest BCUT2D eigenvalue weighted by Gasteiger charge is 2.13. The number of aromatic hydroxyl groups is 1. The highest BCUT2D eigenvalue weighted by atomic mass is 16.5. The molecule has 138 valence electrons. The zero-order chi connectivity index (χ0) is 19.1. The van der Waals surface area contributed by atoms with E-state index >= 15 is 0 Å². The molecular formula is C20H20N4O3.